The second-order valence-corrected chi connectivity index (χ2v) is 9.51. The van der Waals surface area contributed by atoms with Crippen LogP contribution in [0.5, 0.6) is 0 Å². The third kappa shape index (κ3) is 5.18. The molecule has 0 bridgehead atoms. The third-order valence-electron chi connectivity index (χ3n) is 7.07. The first kappa shape index (κ1) is 25.2. The van der Waals surface area contributed by atoms with Crippen LogP contribution in [0.1, 0.15) is 56.9 Å². The van der Waals surface area contributed by atoms with Gasteiger partial charge in [0.2, 0.25) is 0 Å². The minimum Gasteiger partial charge on any atom is -0.351 e. The van der Waals surface area contributed by atoms with Crippen LogP contribution in [0.15, 0.2) is 72.9 Å². The van der Waals surface area contributed by atoms with E-state index < -0.39 is 0 Å². The Morgan fingerprint density at radius 1 is 1.00 bits per heavy atom. The summed E-state index contributed by atoms with van der Waals surface area (Å²) < 4.78 is 1.80. The molecule has 2 aromatic carbocycles. The van der Waals surface area contributed by atoms with Crippen molar-refractivity contribution in [2.24, 2.45) is 7.05 Å². The van der Waals surface area contributed by atoms with Crippen molar-refractivity contribution in [1.82, 2.24) is 19.8 Å². The van der Waals surface area contributed by atoms with E-state index in [0.717, 1.165) is 27.7 Å². The molecular weight excluding hydrogens is 448 g/mol. The number of carbonyl (C=O) groups is 2. The number of pyridine rings is 1. The van der Waals surface area contributed by atoms with Crippen LogP contribution >= 0.6 is 0 Å². The standard InChI is InChI=1S/C30H34N4O2/c1-20-13-15-25(28-24(20)16-14-21(2)32-28)30(36)34(5)26(22(3)23-10-7-6-8-11-23)17-18-31-29(35)27-12-9-19-33(27)4/h6-16,19,22,26H,17-18H2,1-5H3,(H,31,35). The van der Waals surface area contributed by atoms with E-state index in [0.29, 0.717) is 24.2 Å². The van der Waals surface area contributed by atoms with Gasteiger partial charge in [-0.3, -0.25) is 14.6 Å². The predicted octanol–water partition coefficient (Wildman–Crippen LogP) is 5.25. The molecule has 6 heteroatoms. The van der Waals surface area contributed by atoms with E-state index >= 15 is 0 Å². The van der Waals surface area contributed by atoms with Gasteiger partial charge in [-0.15, -0.1) is 0 Å². The van der Waals surface area contributed by atoms with Crippen molar-refractivity contribution in [1.29, 1.82) is 0 Å². The van der Waals surface area contributed by atoms with E-state index in [1.54, 1.807) is 10.6 Å². The summed E-state index contributed by atoms with van der Waals surface area (Å²) >= 11 is 0. The highest BCUT2D eigenvalue weighted by Crippen LogP contribution is 2.28. The summed E-state index contributed by atoms with van der Waals surface area (Å²) in [7, 11) is 3.70. The van der Waals surface area contributed by atoms with Crippen molar-refractivity contribution >= 4 is 22.7 Å². The minimum atomic E-state index is -0.130. The Bertz CT molecular complexity index is 1380. The molecular formula is C30H34N4O2. The van der Waals surface area contributed by atoms with E-state index in [2.05, 4.69) is 24.4 Å². The number of likely N-dealkylation sites (N-methyl/N-ethyl adjacent to an activating group) is 1. The zero-order chi connectivity index (χ0) is 25.8. The summed E-state index contributed by atoms with van der Waals surface area (Å²) in [4.78, 5) is 33.1. The number of aryl methyl sites for hydroxylation is 3. The number of nitrogens with one attached hydrogen (secondary N) is 1. The van der Waals surface area contributed by atoms with Gasteiger partial charge >= 0.3 is 0 Å². The Morgan fingerprint density at radius 2 is 1.75 bits per heavy atom. The fourth-order valence-electron chi connectivity index (χ4n) is 4.85. The molecule has 1 N–H and O–H groups in total. The van der Waals surface area contributed by atoms with Gasteiger partial charge in [0.05, 0.1) is 11.1 Å². The Kier molecular flexibility index (Phi) is 7.53. The molecule has 0 aliphatic carbocycles. The van der Waals surface area contributed by atoms with Gasteiger partial charge in [-0.05, 0) is 55.7 Å². The van der Waals surface area contributed by atoms with Crippen LogP contribution in [0.3, 0.4) is 0 Å². The number of benzene rings is 2. The average molecular weight is 483 g/mol. The van der Waals surface area contributed by atoms with E-state index in [9.17, 15) is 9.59 Å². The second-order valence-electron chi connectivity index (χ2n) is 9.51. The molecule has 2 atom stereocenters. The van der Waals surface area contributed by atoms with Gasteiger partial charge < -0.3 is 14.8 Å². The molecule has 0 saturated heterocycles. The van der Waals surface area contributed by atoms with Gasteiger partial charge in [0, 0.05) is 49.9 Å². The molecule has 4 aromatic rings. The number of hydrogen-bond acceptors (Lipinski definition) is 3. The van der Waals surface area contributed by atoms with Crippen molar-refractivity contribution in [3.8, 4) is 0 Å². The summed E-state index contributed by atoms with van der Waals surface area (Å²) in [5.41, 5.74) is 5.06. The predicted molar refractivity (Wildman–Crippen MR) is 144 cm³/mol. The number of hydrogen-bond donors (Lipinski definition) is 1. The zero-order valence-corrected chi connectivity index (χ0v) is 21.7. The van der Waals surface area contributed by atoms with Crippen LogP contribution in [0.2, 0.25) is 0 Å². The van der Waals surface area contributed by atoms with Gasteiger partial charge in [-0.2, -0.15) is 0 Å². The smallest absolute Gasteiger partial charge is 0.267 e. The zero-order valence-electron chi connectivity index (χ0n) is 21.7. The SMILES string of the molecule is Cc1ccc2c(C)ccc(C(=O)N(C)C(CCNC(=O)c3cccn3C)C(C)c3ccccc3)c2n1. The van der Waals surface area contributed by atoms with E-state index in [1.807, 2.05) is 87.6 Å². The van der Waals surface area contributed by atoms with Gasteiger partial charge in [0.1, 0.15) is 5.69 Å². The summed E-state index contributed by atoms with van der Waals surface area (Å²) in [6.07, 6.45) is 2.47. The maximum atomic E-state index is 13.9. The third-order valence-corrected chi connectivity index (χ3v) is 7.07. The lowest BCUT2D eigenvalue weighted by Crippen LogP contribution is -2.42. The van der Waals surface area contributed by atoms with Crippen molar-refractivity contribution in [3.63, 3.8) is 0 Å². The first-order valence-corrected chi connectivity index (χ1v) is 12.4. The Morgan fingerprint density at radius 3 is 2.44 bits per heavy atom. The summed E-state index contributed by atoms with van der Waals surface area (Å²) in [5, 5.41) is 4.02. The number of rotatable bonds is 8. The quantitative estimate of drug-likeness (QED) is 0.373. The van der Waals surface area contributed by atoms with Crippen molar-refractivity contribution in [2.45, 2.75) is 39.2 Å². The Hall–Kier alpha value is -3.93. The largest absolute Gasteiger partial charge is 0.351 e. The molecule has 2 aromatic heterocycles. The summed E-state index contributed by atoms with van der Waals surface area (Å²) in [5.74, 6) is -0.120. The lowest BCUT2D eigenvalue weighted by Gasteiger charge is -2.34. The van der Waals surface area contributed by atoms with Gasteiger partial charge in [0.15, 0.2) is 0 Å². The van der Waals surface area contributed by atoms with Crippen molar-refractivity contribution in [3.05, 3.63) is 101 Å². The first-order valence-electron chi connectivity index (χ1n) is 12.4. The number of carbonyl (C=O) groups excluding carboxylic acids is 2. The maximum absolute atomic E-state index is 13.9. The Balaban J connectivity index is 1.61. The molecule has 2 unspecified atom stereocenters. The fraction of sp³-hybridized carbons (Fsp3) is 0.300. The molecule has 6 nitrogen and oxygen atoms in total. The Labute approximate surface area is 213 Å². The maximum Gasteiger partial charge on any atom is 0.267 e. The van der Waals surface area contributed by atoms with Crippen LogP contribution in [0.25, 0.3) is 10.9 Å². The topological polar surface area (TPSA) is 67.2 Å². The highest BCUT2D eigenvalue weighted by Gasteiger charge is 2.28. The lowest BCUT2D eigenvalue weighted by atomic mass is 9.89. The number of fused-ring (bicyclic) bond motifs is 1. The fourth-order valence-corrected chi connectivity index (χ4v) is 4.85. The average Bonchev–Trinajstić information content (AvgIpc) is 3.32. The molecule has 186 valence electrons. The molecule has 0 aliphatic heterocycles. The molecule has 0 spiro atoms. The second kappa shape index (κ2) is 10.8. The van der Waals surface area contributed by atoms with E-state index in [1.165, 1.54) is 0 Å². The van der Waals surface area contributed by atoms with Crippen LogP contribution in [-0.2, 0) is 7.05 Å². The van der Waals surface area contributed by atoms with Crippen LogP contribution < -0.4 is 5.32 Å². The minimum absolute atomic E-state index is 0.0681. The molecule has 0 radical (unpaired) electrons. The number of aromatic nitrogens is 2. The van der Waals surface area contributed by atoms with E-state index in [-0.39, 0.29) is 23.8 Å². The van der Waals surface area contributed by atoms with Crippen molar-refractivity contribution < 1.29 is 9.59 Å². The molecule has 36 heavy (non-hydrogen) atoms. The van der Waals surface area contributed by atoms with Crippen LogP contribution in [-0.4, -0.2) is 45.9 Å². The highest BCUT2D eigenvalue weighted by atomic mass is 16.2. The monoisotopic (exact) mass is 482 g/mol. The molecule has 4 rings (SSSR count). The van der Waals surface area contributed by atoms with Gasteiger partial charge in [0.25, 0.3) is 11.8 Å². The molecule has 2 heterocycles. The first-order chi connectivity index (χ1) is 17.3. The highest BCUT2D eigenvalue weighted by molar-refractivity contribution is 6.06. The summed E-state index contributed by atoms with van der Waals surface area (Å²) in [6, 6.07) is 21.6. The molecule has 0 saturated carbocycles. The van der Waals surface area contributed by atoms with Crippen molar-refractivity contribution in [2.75, 3.05) is 13.6 Å². The normalized spacial score (nSPS) is 12.8. The molecule has 0 aliphatic rings. The van der Waals surface area contributed by atoms with Crippen LogP contribution in [0, 0.1) is 13.8 Å². The molecule has 2 amide bonds. The summed E-state index contributed by atoms with van der Waals surface area (Å²) in [6.45, 7) is 6.57. The molecule has 0 fully saturated rings. The van der Waals surface area contributed by atoms with E-state index in [4.69, 9.17) is 4.98 Å². The lowest BCUT2D eigenvalue weighted by molar-refractivity contribution is 0.0703. The number of nitrogens with zero attached hydrogens (tertiary/aromatic N) is 3. The number of amides is 2. The van der Waals surface area contributed by atoms with Gasteiger partial charge in [-0.1, -0.05) is 49.4 Å². The van der Waals surface area contributed by atoms with Crippen LogP contribution in [0.4, 0.5) is 0 Å². The van der Waals surface area contributed by atoms with Gasteiger partial charge in [-0.25, -0.2) is 0 Å².